The molecule has 2 aromatic carbocycles. The van der Waals surface area contributed by atoms with Crippen LogP contribution in [-0.2, 0) is 16.6 Å². The molecule has 4 nitrogen and oxygen atoms in total. The van der Waals surface area contributed by atoms with Gasteiger partial charge in [0.1, 0.15) is 11.6 Å². The van der Waals surface area contributed by atoms with Crippen molar-refractivity contribution < 1.29 is 19.0 Å². The molecule has 0 bridgehead atoms. The van der Waals surface area contributed by atoms with Crippen LogP contribution in [-0.4, -0.2) is 23.7 Å². The lowest BCUT2D eigenvalue weighted by molar-refractivity contribution is -0.125. The lowest BCUT2D eigenvalue weighted by Crippen LogP contribution is -2.45. The third-order valence-electron chi connectivity index (χ3n) is 6.55. The van der Waals surface area contributed by atoms with E-state index in [0.29, 0.717) is 37.9 Å². The minimum absolute atomic E-state index is 0.110. The molecule has 5 heteroatoms. The fourth-order valence-corrected chi connectivity index (χ4v) is 4.65. The van der Waals surface area contributed by atoms with Crippen LogP contribution in [0.1, 0.15) is 48.4 Å². The number of carbonyl (C=O) groups is 1. The Labute approximate surface area is 163 Å². The first kappa shape index (κ1) is 17.7. The first-order chi connectivity index (χ1) is 13.6. The Morgan fingerprint density at radius 3 is 2.71 bits per heavy atom. The molecular weight excluding hydrogens is 357 g/mol. The number of rotatable bonds is 5. The summed E-state index contributed by atoms with van der Waals surface area (Å²) in [5, 5.41) is 13.0. The standard InChI is InChI=1S/C23H24FNO3/c24-19-4-2-1-3-18(19)23(8-9-23)22(27)25-21(16-12-17(26)13-16)15-5-6-20-14(11-15)7-10-28-20/h1-6,11,16-17,21,26H,7-10,12-13H2,(H,25,27)/t16?,17?,21-/m1/s1. The quantitative estimate of drug-likeness (QED) is 0.834. The second kappa shape index (κ2) is 6.59. The highest BCUT2D eigenvalue weighted by Crippen LogP contribution is 2.50. The van der Waals surface area contributed by atoms with E-state index in [4.69, 9.17) is 4.74 Å². The van der Waals surface area contributed by atoms with E-state index in [-0.39, 0.29) is 29.8 Å². The number of amides is 1. The van der Waals surface area contributed by atoms with E-state index in [2.05, 4.69) is 11.4 Å². The monoisotopic (exact) mass is 381 g/mol. The van der Waals surface area contributed by atoms with Crippen molar-refractivity contribution in [3.63, 3.8) is 0 Å². The number of aliphatic hydroxyl groups excluding tert-OH is 1. The molecule has 28 heavy (non-hydrogen) atoms. The van der Waals surface area contributed by atoms with Gasteiger partial charge in [0.05, 0.1) is 24.2 Å². The van der Waals surface area contributed by atoms with Crippen molar-refractivity contribution in [2.45, 2.75) is 49.7 Å². The van der Waals surface area contributed by atoms with Crippen LogP contribution in [0.5, 0.6) is 5.75 Å². The van der Waals surface area contributed by atoms with E-state index in [1.807, 2.05) is 12.1 Å². The third-order valence-corrected chi connectivity index (χ3v) is 6.55. The zero-order valence-electron chi connectivity index (χ0n) is 15.7. The average Bonchev–Trinajstić information content (AvgIpc) is 3.34. The zero-order valence-corrected chi connectivity index (χ0v) is 15.7. The summed E-state index contributed by atoms with van der Waals surface area (Å²) in [6.45, 7) is 0.689. The molecule has 2 N–H and O–H groups in total. The van der Waals surface area contributed by atoms with Crippen LogP contribution < -0.4 is 10.1 Å². The van der Waals surface area contributed by atoms with Crippen LogP contribution >= 0.6 is 0 Å². The molecular formula is C23H24FNO3. The fraction of sp³-hybridized carbons (Fsp3) is 0.435. The number of carbonyl (C=O) groups excluding carboxylic acids is 1. The van der Waals surface area contributed by atoms with Crippen LogP contribution in [0, 0.1) is 11.7 Å². The van der Waals surface area contributed by atoms with Gasteiger partial charge in [-0.2, -0.15) is 0 Å². The van der Waals surface area contributed by atoms with Crippen LogP contribution in [0.3, 0.4) is 0 Å². The highest BCUT2D eigenvalue weighted by atomic mass is 19.1. The van der Waals surface area contributed by atoms with Crippen LogP contribution in [0.2, 0.25) is 0 Å². The van der Waals surface area contributed by atoms with Crippen molar-refractivity contribution in [3.8, 4) is 5.75 Å². The third kappa shape index (κ3) is 2.89. The summed E-state index contributed by atoms with van der Waals surface area (Å²) in [5.41, 5.74) is 1.93. The predicted molar refractivity (Wildman–Crippen MR) is 103 cm³/mol. The van der Waals surface area contributed by atoms with Gasteiger partial charge in [0, 0.05) is 12.0 Å². The molecule has 3 aliphatic rings. The maximum absolute atomic E-state index is 14.4. The summed E-state index contributed by atoms with van der Waals surface area (Å²) in [6.07, 6.45) is 3.24. The molecule has 0 radical (unpaired) electrons. The molecule has 5 rings (SSSR count). The van der Waals surface area contributed by atoms with Crippen molar-refractivity contribution in [2.75, 3.05) is 6.61 Å². The first-order valence-electron chi connectivity index (χ1n) is 10.1. The van der Waals surface area contributed by atoms with E-state index in [0.717, 1.165) is 23.3 Å². The van der Waals surface area contributed by atoms with Crippen LogP contribution in [0.4, 0.5) is 4.39 Å². The molecule has 2 aliphatic carbocycles. The second-order valence-corrected chi connectivity index (χ2v) is 8.36. The van der Waals surface area contributed by atoms with Gasteiger partial charge in [-0.15, -0.1) is 0 Å². The molecule has 0 spiro atoms. The minimum Gasteiger partial charge on any atom is -0.493 e. The van der Waals surface area contributed by atoms with Gasteiger partial charge in [0.2, 0.25) is 5.91 Å². The molecule has 2 fully saturated rings. The van der Waals surface area contributed by atoms with E-state index < -0.39 is 5.41 Å². The summed E-state index contributed by atoms with van der Waals surface area (Å²) in [4.78, 5) is 13.3. The molecule has 0 aromatic heterocycles. The largest absolute Gasteiger partial charge is 0.493 e. The molecule has 1 atom stereocenters. The number of hydrogen-bond donors (Lipinski definition) is 2. The van der Waals surface area contributed by atoms with Crippen molar-refractivity contribution in [3.05, 3.63) is 65.0 Å². The van der Waals surface area contributed by atoms with Crippen molar-refractivity contribution in [1.82, 2.24) is 5.32 Å². The zero-order chi connectivity index (χ0) is 19.3. The van der Waals surface area contributed by atoms with E-state index in [1.54, 1.807) is 18.2 Å². The lowest BCUT2D eigenvalue weighted by Gasteiger charge is -2.39. The normalized spacial score (nSPS) is 25.2. The molecule has 1 aliphatic heterocycles. The van der Waals surface area contributed by atoms with Crippen molar-refractivity contribution in [2.24, 2.45) is 5.92 Å². The smallest absolute Gasteiger partial charge is 0.231 e. The summed E-state index contributed by atoms with van der Waals surface area (Å²) < 4.78 is 20.0. The Bertz CT molecular complexity index is 918. The maximum Gasteiger partial charge on any atom is 0.231 e. The Hall–Kier alpha value is -2.40. The highest BCUT2D eigenvalue weighted by Gasteiger charge is 2.53. The molecule has 0 unspecified atom stereocenters. The van der Waals surface area contributed by atoms with E-state index >= 15 is 0 Å². The van der Waals surface area contributed by atoms with E-state index in [9.17, 15) is 14.3 Å². The van der Waals surface area contributed by atoms with Crippen molar-refractivity contribution >= 4 is 5.91 Å². The maximum atomic E-state index is 14.4. The minimum atomic E-state index is -0.758. The molecule has 2 aromatic rings. The van der Waals surface area contributed by atoms with Gasteiger partial charge in [0.25, 0.3) is 0 Å². The van der Waals surface area contributed by atoms with Gasteiger partial charge >= 0.3 is 0 Å². The van der Waals surface area contributed by atoms with Crippen LogP contribution in [0.15, 0.2) is 42.5 Å². The number of hydrogen-bond acceptors (Lipinski definition) is 3. The Morgan fingerprint density at radius 1 is 1.21 bits per heavy atom. The summed E-state index contributed by atoms with van der Waals surface area (Å²) in [7, 11) is 0. The molecule has 1 amide bonds. The number of aliphatic hydroxyl groups is 1. The van der Waals surface area contributed by atoms with Gasteiger partial charge in [-0.1, -0.05) is 24.3 Å². The Balaban J connectivity index is 1.43. The fourth-order valence-electron chi connectivity index (χ4n) is 4.65. The number of nitrogens with one attached hydrogen (secondary N) is 1. The molecule has 146 valence electrons. The average molecular weight is 381 g/mol. The Kier molecular flexibility index (Phi) is 4.16. The van der Waals surface area contributed by atoms with E-state index in [1.165, 1.54) is 6.07 Å². The Morgan fingerprint density at radius 2 is 2.00 bits per heavy atom. The molecule has 0 saturated heterocycles. The predicted octanol–water partition coefficient (Wildman–Crippen LogP) is 3.42. The second-order valence-electron chi connectivity index (χ2n) is 8.36. The lowest BCUT2D eigenvalue weighted by atomic mass is 9.74. The number of fused-ring (bicyclic) bond motifs is 1. The van der Waals surface area contributed by atoms with Gasteiger partial charge < -0.3 is 15.2 Å². The summed E-state index contributed by atoms with van der Waals surface area (Å²) >= 11 is 0. The highest BCUT2D eigenvalue weighted by molar-refractivity contribution is 5.91. The first-order valence-corrected chi connectivity index (χ1v) is 10.1. The van der Waals surface area contributed by atoms with Gasteiger partial charge in [-0.25, -0.2) is 4.39 Å². The van der Waals surface area contributed by atoms with Gasteiger partial charge in [-0.3, -0.25) is 4.79 Å². The topological polar surface area (TPSA) is 58.6 Å². The molecule has 1 heterocycles. The SMILES string of the molecule is O=C(N[C@H](c1ccc2c(c1)CCO2)C1CC(O)C1)C1(c2ccccc2F)CC1. The van der Waals surface area contributed by atoms with Crippen LogP contribution in [0.25, 0.3) is 0 Å². The van der Waals surface area contributed by atoms with Gasteiger partial charge in [-0.05, 0) is 60.9 Å². The van der Waals surface area contributed by atoms with Gasteiger partial charge in [0.15, 0.2) is 0 Å². The summed E-state index contributed by atoms with van der Waals surface area (Å²) in [5.74, 6) is 0.671. The van der Waals surface area contributed by atoms with Crippen molar-refractivity contribution in [1.29, 1.82) is 0 Å². The number of benzene rings is 2. The molecule has 2 saturated carbocycles. The number of ether oxygens (including phenoxy) is 1. The summed E-state index contributed by atoms with van der Waals surface area (Å²) in [6, 6.07) is 12.5. The number of halogens is 1.